The molecule has 5 nitrogen and oxygen atoms in total. The molecule has 128 valence electrons. The Kier molecular flexibility index (Phi) is 5.97. The van der Waals surface area contributed by atoms with Crippen molar-refractivity contribution < 1.29 is 4.74 Å². The Morgan fingerprint density at radius 2 is 2.04 bits per heavy atom. The van der Waals surface area contributed by atoms with Gasteiger partial charge in [-0.3, -0.25) is 9.80 Å². The first-order valence-electron chi connectivity index (χ1n) is 9.08. The predicted molar refractivity (Wildman–Crippen MR) is 91.4 cm³/mol. The molecular weight excluding hydrogens is 288 g/mol. The first kappa shape index (κ1) is 16.8. The summed E-state index contributed by atoms with van der Waals surface area (Å²) in [6.45, 7) is 11.6. The fourth-order valence-corrected chi connectivity index (χ4v) is 3.54. The molecule has 0 N–H and O–H groups in total. The lowest BCUT2D eigenvalue weighted by Gasteiger charge is -2.39. The topological polar surface area (TPSA) is 41.5 Å². The van der Waals surface area contributed by atoms with Crippen molar-refractivity contribution in [3.63, 3.8) is 0 Å². The van der Waals surface area contributed by atoms with Crippen LogP contribution in [0, 0.1) is 0 Å². The lowest BCUT2D eigenvalue weighted by atomic mass is 10.0. The molecular formula is C18H30N4O. The molecule has 1 aromatic rings. The molecule has 0 saturated carbocycles. The van der Waals surface area contributed by atoms with Gasteiger partial charge in [-0.15, -0.1) is 0 Å². The second-order valence-corrected chi connectivity index (χ2v) is 7.09. The molecule has 0 spiro atoms. The average Bonchev–Trinajstić information content (AvgIpc) is 2.58. The number of morpholine rings is 1. The van der Waals surface area contributed by atoms with Crippen molar-refractivity contribution in [3.05, 3.63) is 23.8 Å². The maximum absolute atomic E-state index is 5.47. The fraction of sp³-hybridized carbons (Fsp3) is 0.778. The van der Waals surface area contributed by atoms with E-state index < -0.39 is 0 Å². The smallest absolute Gasteiger partial charge is 0.131 e. The van der Waals surface area contributed by atoms with Crippen molar-refractivity contribution >= 4 is 0 Å². The van der Waals surface area contributed by atoms with Crippen molar-refractivity contribution in [3.8, 4) is 0 Å². The number of hydrogen-bond acceptors (Lipinski definition) is 5. The van der Waals surface area contributed by atoms with E-state index in [1.54, 1.807) is 0 Å². The van der Waals surface area contributed by atoms with Gasteiger partial charge in [0.15, 0.2) is 0 Å². The Morgan fingerprint density at radius 3 is 2.83 bits per heavy atom. The van der Waals surface area contributed by atoms with E-state index in [1.165, 1.54) is 32.4 Å². The van der Waals surface area contributed by atoms with E-state index in [0.29, 0.717) is 12.0 Å². The van der Waals surface area contributed by atoms with Crippen LogP contribution >= 0.6 is 0 Å². The van der Waals surface area contributed by atoms with Gasteiger partial charge in [0.25, 0.3) is 0 Å². The summed E-state index contributed by atoms with van der Waals surface area (Å²) in [6, 6.07) is 2.73. The van der Waals surface area contributed by atoms with Crippen LogP contribution in [0.5, 0.6) is 0 Å². The third-order valence-electron chi connectivity index (χ3n) is 4.94. The van der Waals surface area contributed by atoms with Crippen LogP contribution in [0.1, 0.15) is 50.5 Å². The van der Waals surface area contributed by atoms with Crippen molar-refractivity contribution in [1.82, 2.24) is 19.8 Å². The highest BCUT2D eigenvalue weighted by Gasteiger charge is 2.25. The van der Waals surface area contributed by atoms with Crippen LogP contribution < -0.4 is 0 Å². The van der Waals surface area contributed by atoms with Crippen molar-refractivity contribution in [2.24, 2.45) is 0 Å². The Balaban J connectivity index is 1.62. The highest BCUT2D eigenvalue weighted by Crippen LogP contribution is 2.21. The van der Waals surface area contributed by atoms with Crippen LogP contribution in [-0.4, -0.2) is 65.2 Å². The van der Waals surface area contributed by atoms with Crippen molar-refractivity contribution in [1.29, 1.82) is 0 Å². The number of hydrogen-bond donors (Lipinski definition) is 0. The zero-order valence-corrected chi connectivity index (χ0v) is 14.6. The van der Waals surface area contributed by atoms with E-state index in [0.717, 1.165) is 44.4 Å². The molecule has 2 aliphatic heterocycles. The standard InChI is InChI=1S/C18H30N4O/c1-15(2)18-19-7-6-16(20-18)13-22-8-4-3-5-17(22)14-21-9-11-23-12-10-21/h6-7,15,17H,3-5,8-14H2,1-2H3/t17-/m0/s1. The van der Waals surface area contributed by atoms with Gasteiger partial charge in [0.2, 0.25) is 0 Å². The molecule has 0 unspecified atom stereocenters. The Morgan fingerprint density at radius 1 is 1.22 bits per heavy atom. The minimum absolute atomic E-state index is 0.389. The molecule has 0 aliphatic carbocycles. The van der Waals surface area contributed by atoms with Gasteiger partial charge in [-0.1, -0.05) is 20.3 Å². The lowest BCUT2D eigenvalue weighted by Crippen LogP contribution is -2.49. The quantitative estimate of drug-likeness (QED) is 0.833. The Hall–Kier alpha value is -1.04. The summed E-state index contributed by atoms with van der Waals surface area (Å²) in [4.78, 5) is 14.3. The summed E-state index contributed by atoms with van der Waals surface area (Å²) in [6.07, 6.45) is 5.88. The van der Waals surface area contributed by atoms with E-state index in [9.17, 15) is 0 Å². The van der Waals surface area contributed by atoms with Gasteiger partial charge in [0.05, 0.1) is 18.9 Å². The first-order chi connectivity index (χ1) is 11.2. The van der Waals surface area contributed by atoms with E-state index >= 15 is 0 Å². The van der Waals surface area contributed by atoms with Gasteiger partial charge in [0.1, 0.15) is 5.82 Å². The predicted octanol–water partition coefficient (Wildman–Crippen LogP) is 2.29. The molecule has 0 aromatic carbocycles. The molecule has 1 aromatic heterocycles. The van der Waals surface area contributed by atoms with Crippen LogP contribution in [0.3, 0.4) is 0 Å². The normalized spacial score (nSPS) is 24.2. The number of aromatic nitrogens is 2. The number of rotatable bonds is 5. The minimum Gasteiger partial charge on any atom is -0.379 e. The fourth-order valence-electron chi connectivity index (χ4n) is 3.54. The van der Waals surface area contributed by atoms with E-state index in [4.69, 9.17) is 9.72 Å². The van der Waals surface area contributed by atoms with E-state index in [-0.39, 0.29) is 0 Å². The summed E-state index contributed by atoms with van der Waals surface area (Å²) in [5, 5.41) is 0. The number of ether oxygens (including phenoxy) is 1. The zero-order valence-electron chi connectivity index (χ0n) is 14.6. The summed E-state index contributed by atoms with van der Waals surface area (Å²) in [5.41, 5.74) is 1.16. The minimum atomic E-state index is 0.389. The van der Waals surface area contributed by atoms with Gasteiger partial charge >= 0.3 is 0 Å². The molecule has 0 amide bonds. The van der Waals surface area contributed by atoms with Gasteiger partial charge < -0.3 is 4.74 Å². The molecule has 0 radical (unpaired) electrons. The first-order valence-corrected chi connectivity index (χ1v) is 9.08. The molecule has 3 heterocycles. The zero-order chi connectivity index (χ0) is 16.1. The van der Waals surface area contributed by atoms with Crippen LogP contribution in [0.15, 0.2) is 12.3 Å². The maximum atomic E-state index is 5.47. The van der Waals surface area contributed by atoms with Crippen LogP contribution in [-0.2, 0) is 11.3 Å². The molecule has 5 heteroatoms. The van der Waals surface area contributed by atoms with E-state index in [1.807, 2.05) is 6.20 Å². The third kappa shape index (κ3) is 4.72. The largest absolute Gasteiger partial charge is 0.379 e. The summed E-state index contributed by atoms with van der Waals surface area (Å²) >= 11 is 0. The van der Waals surface area contributed by atoms with E-state index in [2.05, 4.69) is 34.7 Å². The van der Waals surface area contributed by atoms with Gasteiger partial charge in [0, 0.05) is 44.3 Å². The van der Waals surface area contributed by atoms with Crippen LogP contribution in [0.25, 0.3) is 0 Å². The highest BCUT2D eigenvalue weighted by molar-refractivity contribution is 5.05. The summed E-state index contributed by atoms with van der Waals surface area (Å²) < 4.78 is 5.47. The summed E-state index contributed by atoms with van der Waals surface area (Å²) in [7, 11) is 0. The molecule has 23 heavy (non-hydrogen) atoms. The summed E-state index contributed by atoms with van der Waals surface area (Å²) in [5.74, 6) is 1.35. The monoisotopic (exact) mass is 318 g/mol. The molecule has 1 atom stereocenters. The Labute approximate surface area is 140 Å². The third-order valence-corrected chi connectivity index (χ3v) is 4.94. The lowest BCUT2D eigenvalue weighted by molar-refractivity contribution is 0.0151. The van der Waals surface area contributed by atoms with Gasteiger partial charge in [-0.2, -0.15) is 0 Å². The average molecular weight is 318 g/mol. The molecule has 2 aliphatic rings. The number of piperidine rings is 1. The van der Waals surface area contributed by atoms with Crippen LogP contribution in [0.4, 0.5) is 0 Å². The van der Waals surface area contributed by atoms with Gasteiger partial charge in [-0.25, -0.2) is 9.97 Å². The molecule has 2 fully saturated rings. The second kappa shape index (κ2) is 8.18. The highest BCUT2D eigenvalue weighted by atomic mass is 16.5. The second-order valence-electron chi connectivity index (χ2n) is 7.09. The molecule has 2 saturated heterocycles. The van der Waals surface area contributed by atoms with Crippen LogP contribution in [0.2, 0.25) is 0 Å². The number of likely N-dealkylation sites (tertiary alicyclic amines) is 1. The van der Waals surface area contributed by atoms with Crippen molar-refractivity contribution in [2.75, 3.05) is 39.4 Å². The molecule has 3 rings (SSSR count). The SMILES string of the molecule is CC(C)c1nccc(CN2CCCC[C@H]2CN2CCOCC2)n1. The van der Waals surface area contributed by atoms with Gasteiger partial charge in [-0.05, 0) is 25.5 Å². The van der Waals surface area contributed by atoms with Crippen molar-refractivity contribution in [2.45, 2.75) is 51.6 Å². The molecule has 0 bridgehead atoms. The maximum Gasteiger partial charge on any atom is 0.131 e. The Bertz CT molecular complexity index is 488. The number of nitrogens with zero attached hydrogens (tertiary/aromatic N) is 4.